The van der Waals surface area contributed by atoms with Gasteiger partial charge in [-0.25, -0.2) is 0 Å². The molecule has 112 valence electrons. The monoisotopic (exact) mass is 336 g/mol. The molecule has 2 nitrogen and oxygen atoms in total. The number of thiophene rings is 1. The van der Waals surface area contributed by atoms with E-state index in [-0.39, 0.29) is 5.78 Å². The van der Waals surface area contributed by atoms with E-state index in [2.05, 4.69) is 0 Å². The lowest BCUT2D eigenvalue weighted by atomic mass is 10.1. The van der Waals surface area contributed by atoms with Gasteiger partial charge in [0.15, 0.2) is 5.78 Å². The predicted octanol–water partition coefficient (Wildman–Crippen LogP) is 5.90. The van der Waals surface area contributed by atoms with Crippen LogP contribution in [0.3, 0.4) is 0 Å². The molecule has 0 aliphatic carbocycles. The van der Waals surface area contributed by atoms with E-state index < -0.39 is 0 Å². The highest BCUT2D eigenvalue weighted by molar-refractivity contribution is 7.99. The van der Waals surface area contributed by atoms with Crippen molar-refractivity contribution in [2.75, 3.05) is 0 Å². The summed E-state index contributed by atoms with van der Waals surface area (Å²) in [7, 11) is 0. The van der Waals surface area contributed by atoms with Gasteiger partial charge in [0, 0.05) is 10.4 Å². The molecule has 4 heteroatoms. The van der Waals surface area contributed by atoms with E-state index >= 15 is 0 Å². The summed E-state index contributed by atoms with van der Waals surface area (Å²) in [4.78, 5) is 15.5. The molecule has 0 N–H and O–H groups in total. The first-order chi connectivity index (χ1) is 11.3. The van der Waals surface area contributed by atoms with Gasteiger partial charge in [-0.1, -0.05) is 30.0 Å². The van der Waals surface area contributed by atoms with Gasteiger partial charge in [-0.2, -0.15) is 0 Å². The van der Waals surface area contributed by atoms with Crippen LogP contribution < -0.4 is 4.74 Å². The molecular formula is C19H12O2S2. The highest BCUT2D eigenvalue weighted by Crippen LogP contribution is 2.46. The van der Waals surface area contributed by atoms with Gasteiger partial charge in [0.2, 0.25) is 0 Å². The van der Waals surface area contributed by atoms with Crippen LogP contribution in [0.15, 0.2) is 75.8 Å². The lowest BCUT2D eigenvalue weighted by Crippen LogP contribution is -1.99. The Morgan fingerprint density at radius 2 is 1.83 bits per heavy atom. The fourth-order valence-electron chi connectivity index (χ4n) is 2.32. The third kappa shape index (κ3) is 2.96. The van der Waals surface area contributed by atoms with Crippen LogP contribution in [0.2, 0.25) is 0 Å². The van der Waals surface area contributed by atoms with Crippen LogP contribution in [0.4, 0.5) is 0 Å². The fourth-order valence-corrected chi connectivity index (χ4v) is 3.93. The standard InChI is InChI=1S/C19H12O2S2/c20-15(9-8-14-4-3-11-22-14)13-7-10-17-19(12-13)23-18-6-2-1-5-16(18)21-17/h1-12H/b9-8-. The van der Waals surface area contributed by atoms with Crippen molar-refractivity contribution in [1.82, 2.24) is 0 Å². The number of allylic oxidation sites excluding steroid dienone is 1. The van der Waals surface area contributed by atoms with Crippen molar-refractivity contribution < 1.29 is 9.53 Å². The number of para-hydroxylation sites is 1. The molecule has 0 saturated carbocycles. The van der Waals surface area contributed by atoms with Gasteiger partial charge >= 0.3 is 0 Å². The molecule has 4 rings (SSSR count). The summed E-state index contributed by atoms with van der Waals surface area (Å²) in [6, 6.07) is 17.5. The third-order valence-corrected chi connectivity index (χ3v) is 5.39. The van der Waals surface area contributed by atoms with Crippen LogP contribution in [-0.2, 0) is 0 Å². The Morgan fingerprint density at radius 3 is 2.70 bits per heavy atom. The second-order valence-corrected chi connectivity index (χ2v) is 7.09. The molecule has 0 amide bonds. The summed E-state index contributed by atoms with van der Waals surface area (Å²) in [5, 5.41) is 1.99. The quantitative estimate of drug-likeness (QED) is 0.344. The van der Waals surface area contributed by atoms with Crippen LogP contribution >= 0.6 is 23.1 Å². The fraction of sp³-hybridized carbons (Fsp3) is 0. The highest BCUT2D eigenvalue weighted by atomic mass is 32.2. The van der Waals surface area contributed by atoms with Gasteiger partial charge in [-0.05, 0) is 53.9 Å². The van der Waals surface area contributed by atoms with Gasteiger partial charge in [0.25, 0.3) is 0 Å². The number of carbonyl (C=O) groups is 1. The number of ether oxygens (including phenoxy) is 1. The number of ketones is 1. The lowest BCUT2D eigenvalue weighted by Gasteiger charge is -2.19. The van der Waals surface area contributed by atoms with Gasteiger partial charge in [-0.15, -0.1) is 11.3 Å². The van der Waals surface area contributed by atoms with E-state index in [0.29, 0.717) is 5.56 Å². The van der Waals surface area contributed by atoms with E-state index in [4.69, 9.17) is 4.74 Å². The van der Waals surface area contributed by atoms with Crippen molar-refractivity contribution in [3.63, 3.8) is 0 Å². The molecule has 0 atom stereocenters. The number of benzene rings is 2. The van der Waals surface area contributed by atoms with Gasteiger partial charge in [-0.3, -0.25) is 4.79 Å². The Morgan fingerprint density at radius 1 is 0.957 bits per heavy atom. The van der Waals surface area contributed by atoms with Gasteiger partial charge < -0.3 is 4.74 Å². The largest absolute Gasteiger partial charge is 0.455 e. The first-order valence-corrected chi connectivity index (χ1v) is 8.84. The summed E-state index contributed by atoms with van der Waals surface area (Å²) < 4.78 is 5.88. The maximum Gasteiger partial charge on any atom is 0.185 e. The van der Waals surface area contributed by atoms with E-state index in [1.807, 2.05) is 66.1 Å². The van der Waals surface area contributed by atoms with Crippen molar-refractivity contribution in [3.05, 3.63) is 76.5 Å². The Balaban J connectivity index is 1.60. The predicted molar refractivity (Wildman–Crippen MR) is 94.8 cm³/mol. The zero-order valence-electron chi connectivity index (χ0n) is 12.1. The minimum Gasteiger partial charge on any atom is -0.455 e. The van der Waals surface area contributed by atoms with Crippen molar-refractivity contribution in [1.29, 1.82) is 0 Å². The molecule has 2 heterocycles. The topological polar surface area (TPSA) is 26.3 Å². The lowest BCUT2D eigenvalue weighted by molar-refractivity contribution is 0.104. The van der Waals surface area contributed by atoms with Crippen molar-refractivity contribution in [2.45, 2.75) is 9.79 Å². The second-order valence-electron chi connectivity index (χ2n) is 5.03. The molecule has 2 aromatic carbocycles. The average Bonchev–Trinajstić information content (AvgIpc) is 3.11. The smallest absolute Gasteiger partial charge is 0.185 e. The zero-order valence-corrected chi connectivity index (χ0v) is 13.7. The summed E-state index contributed by atoms with van der Waals surface area (Å²) in [5.74, 6) is 1.66. The van der Waals surface area contributed by atoms with Crippen molar-refractivity contribution in [3.8, 4) is 11.5 Å². The number of fused-ring (bicyclic) bond motifs is 2. The van der Waals surface area contributed by atoms with E-state index in [1.54, 1.807) is 29.2 Å². The van der Waals surface area contributed by atoms with Gasteiger partial charge in [0.05, 0.1) is 9.79 Å². The molecule has 3 aromatic rings. The van der Waals surface area contributed by atoms with Crippen LogP contribution in [0.5, 0.6) is 11.5 Å². The zero-order chi connectivity index (χ0) is 15.6. The van der Waals surface area contributed by atoms with Crippen LogP contribution in [-0.4, -0.2) is 5.78 Å². The Bertz CT molecular complexity index is 895. The van der Waals surface area contributed by atoms with Gasteiger partial charge in [0.1, 0.15) is 11.5 Å². The number of hydrogen-bond acceptors (Lipinski definition) is 4. The minimum atomic E-state index is 0.000610. The molecule has 0 unspecified atom stereocenters. The molecule has 0 saturated heterocycles. The molecule has 23 heavy (non-hydrogen) atoms. The normalized spacial score (nSPS) is 12.5. The summed E-state index contributed by atoms with van der Waals surface area (Å²) in [6.07, 6.45) is 3.47. The highest BCUT2D eigenvalue weighted by Gasteiger charge is 2.18. The Kier molecular flexibility index (Phi) is 3.77. The average molecular weight is 336 g/mol. The Hall–Kier alpha value is -2.30. The van der Waals surface area contributed by atoms with E-state index in [1.165, 1.54) is 0 Å². The molecule has 1 aliphatic heterocycles. The second kappa shape index (κ2) is 6.07. The molecule has 0 spiro atoms. The van der Waals surface area contributed by atoms with Crippen molar-refractivity contribution in [2.24, 2.45) is 0 Å². The van der Waals surface area contributed by atoms with Crippen molar-refractivity contribution >= 4 is 35.0 Å². The first kappa shape index (κ1) is 14.3. The maximum atomic E-state index is 12.3. The minimum absolute atomic E-state index is 0.000610. The molecule has 1 aliphatic rings. The number of carbonyl (C=O) groups excluding carboxylic acids is 1. The number of hydrogen-bond donors (Lipinski definition) is 0. The van der Waals surface area contributed by atoms with E-state index in [9.17, 15) is 4.79 Å². The first-order valence-electron chi connectivity index (χ1n) is 7.14. The van der Waals surface area contributed by atoms with Crippen LogP contribution in [0.25, 0.3) is 6.08 Å². The SMILES string of the molecule is O=C(/C=C\c1cccs1)c1ccc2c(c1)Sc1ccccc1O2. The van der Waals surface area contributed by atoms with E-state index in [0.717, 1.165) is 26.2 Å². The summed E-state index contributed by atoms with van der Waals surface area (Å²) >= 11 is 3.24. The van der Waals surface area contributed by atoms with Crippen LogP contribution in [0.1, 0.15) is 15.2 Å². The van der Waals surface area contributed by atoms with Crippen LogP contribution in [0, 0.1) is 0 Å². The molecule has 1 aromatic heterocycles. The molecule has 0 fully saturated rings. The molecular weight excluding hydrogens is 324 g/mol. The maximum absolute atomic E-state index is 12.3. The summed E-state index contributed by atoms with van der Waals surface area (Å²) in [6.45, 7) is 0. The number of rotatable bonds is 3. The molecule has 0 bridgehead atoms. The summed E-state index contributed by atoms with van der Waals surface area (Å²) in [5.41, 5.74) is 0.673. The molecule has 0 radical (unpaired) electrons. The Labute approximate surface area is 142 Å². The third-order valence-electron chi connectivity index (χ3n) is 3.46.